The third-order valence-electron chi connectivity index (χ3n) is 4.19. The summed E-state index contributed by atoms with van der Waals surface area (Å²) in [7, 11) is 0. The minimum Gasteiger partial charge on any atom is -0.379 e. The number of urea groups is 1. The van der Waals surface area contributed by atoms with Gasteiger partial charge in [0.2, 0.25) is 5.43 Å². The zero-order valence-electron chi connectivity index (χ0n) is 13.7. The maximum Gasteiger partial charge on any atom is 0.319 e. The molecule has 1 aromatic carbocycles. The first-order chi connectivity index (χ1) is 11.6. The predicted octanol–water partition coefficient (Wildman–Crippen LogP) is 1.29. The topological polar surface area (TPSA) is 86.5 Å². The van der Waals surface area contributed by atoms with E-state index in [1.54, 1.807) is 12.3 Å². The lowest BCUT2D eigenvalue weighted by atomic mass is 10.1. The molecule has 0 spiro atoms. The molecule has 0 radical (unpaired) electrons. The van der Waals surface area contributed by atoms with Crippen LogP contribution in [0.25, 0.3) is 10.9 Å². The number of hydrogen-bond donors (Lipinski definition) is 3. The van der Waals surface area contributed by atoms with Gasteiger partial charge in [0, 0.05) is 37.8 Å². The number of fused-ring (bicyclic) bond motifs is 1. The number of carbonyl (C=O) groups excluding carboxylic acids is 1. The molecule has 0 atom stereocenters. The molecule has 2 heterocycles. The molecule has 0 saturated carbocycles. The van der Waals surface area contributed by atoms with E-state index in [1.165, 1.54) is 0 Å². The van der Waals surface area contributed by atoms with E-state index in [0.717, 1.165) is 43.9 Å². The number of aromatic nitrogens is 1. The molecule has 7 nitrogen and oxygen atoms in total. The number of aromatic amines is 1. The van der Waals surface area contributed by atoms with Gasteiger partial charge in [-0.3, -0.25) is 9.69 Å². The minimum absolute atomic E-state index is 0.184. The number of amides is 2. The molecular formula is C17H22N4O3. The number of ether oxygens (including phenoxy) is 1. The van der Waals surface area contributed by atoms with Gasteiger partial charge in [0.1, 0.15) is 5.69 Å². The largest absolute Gasteiger partial charge is 0.379 e. The van der Waals surface area contributed by atoms with Gasteiger partial charge in [-0.15, -0.1) is 0 Å². The molecule has 2 amide bonds. The lowest BCUT2D eigenvalue weighted by Crippen LogP contribution is -2.42. The fraction of sp³-hybridized carbons (Fsp3) is 0.412. The highest BCUT2D eigenvalue weighted by Crippen LogP contribution is 2.14. The van der Waals surface area contributed by atoms with Crippen molar-refractivity contribution in [2.75, 3.05) is 44.7 Å². The fourth-order valence-electron chi connectivity index (χ4n) is 2.82. The summed E-state index contributed by atoms with van der Waals surface area (Å²) in [6.45, 7) is 6.46. The van der Waals surface area contributed by atoms with Crippen LogP contribution in [-0.2, 0) is 4.74 Å². The molecule has 128 valence electrons. The Morgan fingerprint density at radius 2 is 2.12 bits per heavy atom. The van der Waals surface area contributed by atoms with Gasteiger partial charge in [0.15, 0.2) is 0 Å². The van der Waals surface area contributed by atoms with Gasteiger partial charge in [-0.1, -0.05) is 12.1 Å². The Labute approximate surface area is 140 Å². The average Bonchev–Trinajstić information content (AvgIpc) is 2.59. The molecule has 1 fully saturated rings. The summed E-state index contributed by atoms with van der Waals surface area (Å²) in [6.07, 6.45) is 1.54. The molecule has 7 heteroatoms. The smallest absolute Gasteiger partial charge is 0.319 e. The predicted molar refractivity (Wildman–Crippen MR) is 93.6 cm³/mol. The zero-order valence-corrected chi connectivity index (χ0v) is 13.7. The number of nitrogens with one attached hydrogen (secondary N) is 3. The number of morpholine rings is 1. The van der Waals surface area contributed by atoms with Crippen molar-refractivity contribution < 1.29 is 9.53 Å². The molecule has 24 heavy (non-hydrogen) atoms. The lowest BCUT2D eigenvalue weighted by molar-refractivity contribution is 0.0388. The Hall–Kier alpha value is -2.38. The number of pyridine rings is 1. The summed E-state index contributed by atoms with van der Waals surface area (Å²) >= 11 is 0. The highest BCUT2D eigenvalue weighted by Gasteiger charge is 2.12. The fourth-order valence-corrected chi connectivity index (χ4v) is 2.82. The summed E-state index contributed by atoms with van der Waals surface area (Å²) in [5, 5.41) is 5.97. The summed E-state index contributed by atoms with van der Waals surface area (Å²) in [6, 6.07) is 5.15. The highest BCUT2D eigenvalue weighted by molar-refractivity contribution is 5.92. The van der Waals surface area contributed by atoms with E-state index in [1.807, 2.05) is 19.1 Å². The van der Waals surface area contributed by atoms with Crippen molar-refractivity contribution >= 4 is 22.6 Å². The number of anilines is 1. The molecule has 3 rings (SSSR count). The first-order valence-corrected chi connectivity index (χ1v) is 8.11. The molecule has 3 N–H and O–H groups in total. The van der Waals surface area contributed by atoms with Crippen molar-refractivity contribution in [3.63, 3.8) is 0 Å². The molecule has 1 aliphatic heterocycles. The SMILES string of the molecule is Cc1cccc2c(=O)c(NC(=O)NCCN3CCOCC3)c[nH]c12. The Balaban J connectivity index is 1.59. The Kier molecular flexibility index (Phi) is 5.12. The molecule has 1 aliphatic rings. The maximum absolute atomic E-state index is 12.5. The van der Waals surface area contributed by atoms with E-state index in [2.05, 4.69) is 20.5 Å². The first-order valence-electron chi connectivity index (χ1n) is 8.11. The second-order valence-electron chi connectivity index (χ2n) is 5.86. The van der Waals surface area contributed by atoms with Gasteiger partial charge in [0.25, 0.3) is 0 Å². The van der Waals surface area contributed by atoms with E-state index >= 15 is 0 Å². The zero-order chi connectivity index (χ0) is 16.9. The number of H-pyrrole nitrogens is 1. The van der Waals surface area contributed by atoms with Crippen LogP contribution in [0, 0.1) is 6.92 Å². The third-order valence-corrected chi connectivity index (χ3v) is 4.19. The van der Waals surface area contributed by atoms with Crippen molar-refractivity contribution in [3.8, 4) is 0 Å². The highest BCUT2D eigenvalue weighted by atomic mass is 16.5. The normalized spacial score (nSPS) is 15.4. The van der Waals surface area contributed by atoms with E-state index in [0.29, 0.717) is 11.9 Å². The number of aryl methyl sites for hydroxylation is 1. The van der Waals surface area contributed by atoms with Crippen molar-refractivity contribution in [1.82, 2.24) is 15.2 Å². The molecule has 1 aromatic heterocycles. The summed E-state index contributed by atoms with van der Waals surface area (Å²) in [5.74, 6) is 0. The molecule has 1 saturated heterocycles. The van der Waals surface area contributed by atoms with Gasteiger partial charge in [-0.05, 0) is 18.6 Å². The van der Waals surface area contributed by atoms with Crippen LogP contribution in [0.1, 0.15) is 5.56 Å². The van der Waals surface area contributed by atoms with Crippen molar-refractivity contribution in [2.45, 2.75) is 6.92 Å². The Bertz CT molecular complexity index is 781. The number of nitrogens with zero attached hydrogens (tertiary/aromatic N) is 1. The molecule has 0 aliphatic carbocycles. The molecule has 0 unspecified atom stereocenters. The molecular weight excluding hydrogens is 308 g/mol. The number of hydrogen-bond acceptors (Lipinski definition) is 4. The monoisotopic (exact) mass is 330 g/mol. The van der Waals surface area contributed by atoms with Crippen LogP contribution in [0.5, 0.6) is 0 Å². The van der Waals surface area contributed by atoms with E-state index in [9.17, 15) is 9.59 Å². The van der Waals surface area contributed by atoms with Crippen LogP contribution >= 0.6 is 0 Å². The van der Waals surface area contributed by atoms with Crippen LogP contribution in [0.3, 0.4) is 0 Å². The summed E-state index contributed by atoms with van der Waals surface area (Å²) in [4.78, 5) is 29.8. The summed E-state index contributed by atoms with van der Waals surface area (Å²) in [5.41, 5.74) is 1.85. The van der Waals surface area contributed by atoms with Gasteiger partial charge in [-0.25, -0.2) is 4.79 Å². The van der Waals surface area contributed by atoms with Crippen molar-refractivity contribution in [1.29, 1.82) is 0 Å². The maximum atomic E-state index is 12.5. The molecule has 2 aromatic rings. The Morgan fingerprint density at radius 1 is 1.33 bits per heavy atom. The first kappa shape index (κ1) is 16.5. The number of carbonyl (C=O) groups is 1. The molecule has 0 bridgehead atoms. The van der Waals surface area contributed by atoms with E-state index in [4.69, 9.17) is 4.74 Å². The minimum atomic E-state index is -0.374. The van der Waals surface area contributed by atoms with Crippen LogP contribution in [-0.4, -0.2) is 55.3 Å². The van der Waals surface area contributed by atoms with Gasteiger partial charge in [-0.2, -0.15) is 0 Å². The lowest BCUT2D eigenvalue weighted by Gasteiger charge is -2.26. The van der Waals surface area contributed by atoms with Crippen LogP contribution in [0.2, 0.25) is 0 Å². The number of para-hydroxylation sites is 1. The van der Waals surface area contributed by atoms with Gasteiger partial charge >= 0.3 is 6.03 Å². The van der Waals surface area contributed by atoms with Crippen molar-refractivity contribution in [3.05, 3.63) is 40.2 Å². The number of benzene rings is 1. The standard InChI is InChI=1S/C17H22N4O3/c1-12-3-2-4-13-15(12)19-11-14(16(13)22)20-17(23)18-5-6-21-7-9-24-10-8-21/h2-4,11H,5-10H2,1H3,(H,19,22)(H2,18,20,23). The average molecular weight is 330 g/mol. The quantitative estimate of drug-likeness (QED) is 0.788. The Morgan fingerprint density at radius 3 is 2.92 bits per heavy atom. The summed E-state index contributed by atoms with van der Waals surface area (Å²) < 4.78 is 5.28. The second-order valence-corrected chi connectivity index (χ2v) is 5.86. The second kappa shape index (κ2) is 7.46. The van der Waals surface area contributed by atoms with E-state index < -0.39 is 0 Å². The van der Waals surface area contributed by atoms with Gasteiger partial charge < -0.3 is 20.4 Å². The van der Waals surface area contributed by atoms with Crippen LogP contribution < -0.4 is 16.1 Å². The van der Waals surface area contributed by atoms with E-state index in [-0.39, 0.29) is 17.1 Å². The van der Waals surface area contributed by atoms with Crippen LogP contribution in [0.4, 0.5) is 10.5 Å². The van der Waals surface area contributed by atoms with Crippen LogP contribution in [0.15, 0.2) is 29.2 Å². The third kappa shape index (κ3) is 3.74. The van der Waals surface area contributed by atoms with Crippen molar-refractivity contribution in [2.24, 2.45) is 0 Å². The number of rotatable bonds is 4. The van der Waals surface area contributed by atoms with Gasteiger partial charge in [0.05, 0.1) is 18.7 Å².